The van der Waals surface area contributed by atoms with Gasteiger partial charge >= 0.3 is 0 Å². The molecule has 43 heavy (non-hydrogen) atoms. The van der Waals surface area contributed by atoms with Crippen LogP contribution in [0, 0.1) is 0 Å². The van der Waals surface area contributed by atoms with Crippen LogP contribution in [0.25, 0.3) is 11.0 Å². The number of hydrogen-bond donors (Lipinski definition) is 1. The van der Waals surface area contributed by atoms with Gasteiger partial charge < -0.3 is 23.7 Å². The molecule has 1 N–H and O–H groups in total. The van der Waals surface area contributed by atoms with E-state index in [2.05, 4.69) is 73.7 Å². The molecule has 0 radical (unpaired) electrons. The summed E-state index contributed by atoms with van der Waals surface area (Å²) in [7, 11) is -1.96. The molecule has 3 aromatic rings. The summed E-state index contributed by atoms with van der Waals surface area (Å²) in [5.74, 6) is 0.0602. The van der Waals surface area contributed by atoms with Crippen LogP contribution >= 0.6 is 0 Å². The highest BCUT2D eigenvalue weighted by Gasteiger charge is 2.41. The van der Waals surface area contributed by atoms with E-state index in [1.807, 2.05) is 17.2 Å². The lowest BCUT2D eigenvalue weighted by Crippen LogP contribution is -2.44. The second kappa shape index (κ2) is 12.6. The Morgan fingerprint density at radius 1 is 1.16 bits per heavy atom. The summed E-state index contributed by atoms with van der Waals surface area (Å²) in [5, 5.41) is 12.4. The summed E-state index contributed by atoms with van der Waals surface area (Å²) in [6.07, 6.45) is 12.2. The Kier molecular flexibility index (Phi) is 9.18. The molecule has 3 heterocycles. The van der Waals surface area contributed by atoms with Crippen molar-refractivity contribution in [2.75, 3.05) is 19.8 Å². The molecule has 0 unspecified atom stereocenters. The van der Waals surface area contributed by atoms with E-state index in [9.17, 15) is 9.90 Å². The Bertz CT molecular complexity index is 1420. The van der Waals surface area contributed by atoms with Crippen LogP contribution in [0.15, 0.2) is 30.6 Å². The Hall–Kier alpha value is -2.98. The third kappa shape index (κ3) is 6.75. The zero-order valence-electron chi connectivity index (χ0n) is 26.9. The molecule has 3 aromatic heterocycles. The smallest absolute Gasteiger partial charge is 0.276 e. The normalized spacial score (nSPS) is 17.0. The number of ether oxygens (including phenoxy) is 1. The molecule has 2 aliphatic carbocycles. The molecule has 0 saturated heterocycles. The Labute approximate surface area is 257 Å². The van der Waals surface area contributed by atoms with E-state index < -0.39 is 8.32 Å². The maximum absolute atomic E-state index is 14.2. The number of unbranched alkanes of at least 4 members (excludes halogenated alkanes) is 1. The Morgan fingerprint density at radius 3 is 2.58 bits per heavy atom. The highest BCUT2D eigenvalue weighted by molar-refractivity contribution is 6.74. The molecule has 0 atom stereocenters. The van der Waals surface area contributed by atoms with E-state index >= 15 is 0 Å². The molecule has 2 aliphatic rings. The fourth-order valence-corrected chi connectivity index (χ4v) is 6.96. The van der Waals surface area contributed by atoms with Crippen LogP contribution in [0.4, 0.5) is 0 Å². The first-order valence-electron chi connectivity index (χ1n) is 16.1. The van der Waals surface area contributed by atoms with Gasteiger partial charge in [-0.2, -0.15) is 4.98 Å². The second-order valence-electron chi connectivity index (χ2n) is 13.9. The molecule has 0 aromatic carbocycles. The lowest BCUT2D eigenvalue weighted by Gasteiger charge is -2.37. The number of aromatic nitrogens is 4. The van der Waals surface area contributed by atoms with Crippen LogP contribution in [0.2, 0.25) is 18.1 Å². The third-order valence-corrected chi connectivity index (χ3v) is 14.2. The van der Waals surface area contributed by atoms with Crippen LogP contribution < -0.4 is 4.74 Å². The van der Waals surface area contributed by atoms with Crippen molar-refractivity contribution in [1.29, 1.82) is 0 Å². The predicted octanol–water partition coefficient (Wildman–Crippen LogP) is 6.85. The molecule has 9 nitrogen and oxygen atoms in total. The lowest BCUT2D eigenvalue weighted by molar-refractivity contribution is 0.0698. The minimum Gasteiger partial charge on any atom is -0.491 e. The molecule has 0 bridgehead atoms. The van der Waals surface area contributed by atoms with Crippen LogP contribution in [0.5, 0.6) is 11.6 Å². The van der Waals surface area contributed by atoms with Crippen molar-refractivity contribution in [3.63, 3.8) is 0 Å². The van der Waals surface area contributed by atoms with Crippen LogP contribution in [-0.2, 0) is 16.4 Å². The monoisotopic (exact) mass is 607 g/mol. The highest BCUT2D eigenvalue weighted by atomic mass is 28.4. The topological polar surface area (TPSA) is 103 Å². The van der Waals surface area contributed by atoms with Crippen molar-refractivity contribution in [1.82, 2.24) is 24.4 Å². The van der Waals surface area contributed by atoms with Gasteiger partial charge in [0.2, 0.25) is 5.75 Å². The van der Waals surface area contributed by atoms with Gasteiger partial charge in [0, 0.05) is 36.8 Å². The summed E-state index contributed by atoms with van der Waals surface area (Å²) in [4.78, 5) is 30.2. The van der Waals surface area contributed by atoms with E-state index in [-0.39, 0.29) is 39.8 Å². The minimum atomic E-state index is -1.96. The number of fused-ring (bicyclic) bond motifs is 1. The number of carbonyl (C=O) groups excluding carboxylic acids is 1. The van der Waals surface area contributed by atoms with Gasteiger partial charge in [0.15, 0.2) is 14.0 Å². The number of rotatable bonds is 13. The summed E-state index contributed by atoms with van der Waals surface area (Å²) in [6, 6.07) is 6.27. The fraction of sp³-hybridized carbons (Fsp3) is 0.636. The molecule has 5 rings (SSSR count). The molecule has 2 fully saturated rings. The molecule has 2 saturated carbocycles. The zero-order valence-corrected chi connectivity index (χ0v) is 27.9. The number of nitrogens with zero attached hydrogens (tertiary/aromatic N) is 5. The van der Waals surface area contributed by atoms with Crippen molar-refractivity contribution in [2.24, 2.45) is 0 Å². The van der Waals surface area contributed by atoms with E-state index in [0.29, 0.717) is 32.0 Å². The average Bonchev–Trinajstić information content (AvgIpc) is 3.52. The molecule has 1 amide bonds. The van der Waals surface area contributed by atoms with Gasteiger partial charge in [0.25, 0.3) is 11.8 Å². The Balaban J connectivity index is 1.46. The number of amides is 1. The number of carbonyl (C=O) groups is 1. The summed E-state index contributed by atoms with van der Waals surface area (Å²) < 4.78 is 14.7. The molecule has 0 aliphatic heterocycles. The first-order chi connectivity index (χ1) is 20.5. The SMILES string of the molecule is CCCCOc1c(O)nc(CC2(n3ccc4cccnc43)CCCC2)nc1C(=O)N(CCO[Si](C)(C)C(C)(C)C)C1CC1. The molecule has 10 heteroatoms. The van der Waals surface area contributed by atoms with Crippen molar-refractivity contribution in [2.45, 2.75) is 115 Å². The maximum atomic E-state index is 14.2. The number of aromatic hydroxyl groups is 1. The fourth-order valence-electron chi connectivity index (χ4n) is 5.93. The lowest BCUT2D eigenvalue weighted by atomic mass is 9.92. The molecular formula is C33H49N5O4Si. The zero-order chi connectivity index (χ0) is 30.8. The van der Waals surface area contributed by atoms with Crippen molar-refractivity contribution in [3.8, 4) is 11.6 Å². The van der Waals surface area contributed by atoms with Crippen molar-refractivity contribution >= 4 is 25.3 Å². The average molecular weight is 608 g/mol. The first-order valence-corrected chi connectivity index (χ1v) is 19.0. The maximum Gasteiger partial charge on any atom is 0.276 e. The summed E-state index contributed by atoms with van der Waals surface area (Å²) >= 11 is 0. The summed E-state index contributed by atoms with van der Waals surface area (Å²) in [6.45, 7) is 14.5. The van der Waals surface area contributed by atoms with Crippen LogP contribution in [-0.4, -0.2) is 69.6 Å². The Morgan fingerprint density at radius 2 is 1.91 bits per heavy atom. The second-order valence-corrected chi connectivity index (χ2v) is 18.7. The third-order valence-electron chi connectivity index (χ3n) is 9.67. The van der Waals surface area contributed by atoms with Gasteiger partial charge in [-0.1, -0.05) is 47.0 Å². The van der Waals surface area contributed by atoms with Crippen molar-refractivity contribution < 1.29 is 19.1 Å². The van der Waals surface area contributed by atoms with Gasteiger partial charge in [-0.3, -0.25) is 4.79 Å². The molecule has 234 valence electrons. The highest BCUT2D eigenvalue weighted by Crippen LogP contribution is 2.42. The quantitative estimate of drug-likeness (QED) is 0.167. The van der Waals surface area contributed by atoms with Gasteiger partial charge in [-0.25, -0.2) is 9.97 Å². The summed E-state index contributed by atoms with van der Waals surface area (Å²) in [5.41, 5.74) is 0.813. The standard InChI is InChI=1S/C33H49N5O4Si/c1-7-8-21-41-28-27(31(40)37(25-13-14-25)20-22-42-43(5,6)32(2,3)4)35-26(36-30(28)39)23-33(16-9-10-17-33)38-19-15-24-12-11-18-34-29(24)38/h11-12,15,18-19,25H,7-10,13-14,16-17,20-23H2,1-6H3,(H,35,36,39). The number of pyridine rings is 1. The number of hydrogen-bond acceptors (Lipinski definition) is 7. The predicted molar refractivity (Wildman–Crippen MR) is 171 cm³/mol. The first kappa shape index (κ1) is 31.4. The van der Waals surface area contributed by atoms with Gasteiger partial charge in [-0.05, 0) is 68.4 Å². The van der Waals surface area contributed by atoms with E-state index in [1.54, 1.807) is 0 Å². The largest absolute Gasteiger partial charge is 0.491 e. The molecule has 0 spiro atoms. The van der Waals surface area contributed by atoms with E-state index in [1.165, 1.54) is 0 Å². The van der Waals surface area contributed by atoms with Crippen LogP contribution in [0.1, 0.15) is 95.4 Å². The van der Waals surface area contributed by atoms with Gasteiger partial charge in [0.1, 0.15) is 11.5 Å². The molecular weight excluding hydrogens is 558 g/mol. The van der Waals surface area contributed by atoms with Gasteiger partial charge in [-0.15, -0.1) is 0 Å². The minimum absolute atomic E-state index is 0.0891. The van der Waals surface area contributed by atoms with Crippen LogP contribution in [0.3, 0.4) is 0 Å². The van der Waals surface area contributed by atoms with E-state index in [4.69, 9.17) is 14.1 Å². The van der Waals surface area contributed by atoms with E-state index in [0.717, 1.165) is 62.4 Å². The van der Waals surface area contributed by atoms with Crippen molar-refractivity contribution in [3.05, 3.63) is 42.1 Å². The van der Waals surface area contributed by atoms with Gasteiger partial charge in [0.05, 0.1) is 18.8 Å².